The molecular formula is C7H5ClN2O2S. The first kappa shape index (κ1) is 10.1. The summed E-state index contributed by atoms with van der Waals surface area (Å²) in [4.78, 5) is 10.1. The molecule has 4 nitrogen and oxygen atoms in total. The lowest BCUT2D eigenvalue weighted by molar-refractivity contribution is -0.509. The number of nitrogens with zero attached hydrogens (tertiary/aromatic N) is 2. The smallest absolute Gasteiger partial charge is 0.264 e. The summed E-state index contributed by atoms with van der Waals surface area (Å²) in [6.07, 6.45) is 5.97. The lowest BCUT2D eigenvalue weighted by Crippen LogP contribution is -2.37. The largest absolute Gasteiger partial charge is 0.264 e. The molecule has 0 aromatic heterocycles. The summed E-state index contributed by atoms with van der Waals surface area (Å²) in [5.41, 5.74) is 0. The van der Waals surface area contributed by atoms with Gasteiger partial charge >= 0.3 is 0 Å². The van der Waals surface area contributed by atoms with Crippen molar-refractivity contribution in [3.8, 4) is 5.40 Å². The highest BCUT2D eigenvalue weighted by Gasteiger charge is 2.44. The molecule has 0 fully saturated rings. The van der Waals surface area contributed by atoms with Gasteiger partial charge < -0.3 is 0 Å². The minimum atomic E-state index is -1.27. The SMILES string of the molecule is N#CSC1(Cl)C=CC=CC1[N+](=O)[O-]. The van der Waals surface area contributed by atoms with E-state index in [1.807, 2.05) is 0 Å². The Hall–Kier alpha value is -0.990. The van der Waals surface area contributed by atoms with Gasteiger partial charge in [-0.15, -0.1) is 0 Å². The van der Waals surface area contributed by atoms with Crippen LogP contribution in [0.2, 0.25) is 0 Å². The number of hydrogen-bond acceptors (Lipinski definition) is 4. The zero-order chi connectivity index (χ0) is 9.90. The topological polar surface area (TPSA) is 66.9 Å². The zero-order valence-electron chi connectivity index (χ0n) is 6.38. The normalized spacial score (nSPS) is 31.2. The van der Waals surface area contributed by atoms with E-state index in [-0.39, 0.29) is 0 Å². The fourth-order valence-electron chi connectivity index (χ4n) is 0.964. The van der Waals surface area contributed by atoms with Gasteiger partial charge in [0.15, 0.2) is 4.21 Å². The van der Waals surface area contributed by atoms with Crippen LogP contribution in [0.25, 0.3) is 0 Å². The van der Waals surface area contributed by atoms with Crippen molar-refractivity contribution >= 4 is 23.4 Å². The highest BCUT2D eigenvalue weighted by molar-refractivity contribution is 8.06. The van der Waals surface area contributed by atoms with Crippen LogP contribution in [0.1, 0.15) is 0 Å². The van der Waals surface area contributed by atoms with Crippen molar-refractivity contribution in [1.29, 1.82) is 5.26 Å². The summed E-state index contributed by atoms with van der Waals surface area (Å²) in [6, 6.07) is -1.05. The second-order valence-electron chi connectivity index (χ2n) is 2.37. The van der Waals surface area contributed by atoms with Crippen molar-refractivity contribution in [2.75, 3.05) is 0 Å². The maximum absolute atomic E-state index is 10.6. The third-order valence-electron chi connectivity index (χ3n) is 1.56. The molecule has 1 aliphatic rings. The molecule has 0 radical (unpaired) electrons. The molecule has 0 saturated heterocycles. The Labute approximate surface area is 84.0 Å². The molecule has 0 saturated carbocycles. The molecule has 68 valence electrons. The molecule has 0 aromatic rings. The molecule has 0 bridgehead atoms. The van der Waals surface area contributed by atoms with E-state index in [0.29, 0.717) is 11.8 Å². The van der Waals surface area contributed by atoms with Gasteiger partial charge in [0, 0.05) is 4.92 Å². The molecule has 0 aliphatic heterocycles. The fourth-order valence-corrected chi connectivity index (χ4v) is 1.86. The number of allylic oxidation sites excluding steroid dienone is 2. The van der Waals surface area contributed by atoms with Crippen LogP contribution < -0.4 is 0 Å². The van der Waals surface area contributed by atoms with E-state index in [4.69, 9.17) is 16.9 Å². The average molecular weight is 217 g/mol. The van der Waals surface area contributed by atoms with Crippen LogP contribution >= 0.6 is 23.4 Å². The molecule has 0 amide bonds. The quantitative estimate of drug-likeness (QED) is 0.306. The third kappa shape index (κ3) is 2.02. The zero-order valence-corrected chi connectivity index (χ0v) is 7.96. The number of halogens is 1. The van der Waals surface area contributed by atoms with Crippen molar-refractivity contribution in [2.45, 2.75) is 10.2 Å². The molecule has 13 heavy (non-hydrogen) atoms. The standard InChI is InChI=1S/C7H5ClN2O2S/c8-7(13-5-9)4-2-1-3-6(7)10(11)12/h1-4,6H. The van der Waals surface area contributed by atoms with Crippen molar-refractivity contribution in [3.05, 3.63) is 34.4 Å². The molecule has 1 aliphatic carbocycles. The van der Waals surface area contributed by atoms with Crippen molar-refractivity contribution in [2.24, 2.45) is 0 Å². The van der Waals surface area contributed by atoms with Crippen molar-refractivity contribution in [1.82, 2.24) is 0 Å². The Balaban J connectivity index is 2.94. The maximum atomic E-state index is 10.6. The van der Waals surface area contributed by atoms with Crippen molar-refractivity contribution < 1.29 is 4.92 Å². The summed E-state index contributed by atoms with van der Waals surface area (Å²) < 4.78 is -1.27. The lowest BCUT2D eigenvalue weighted by Gasteiger charge is -2.22. The van der Waals surface area contributed by atoms with E-state index in [1.165, 1.54) is 12.2 Å². The molecule has 0 N–H and O–H groups in total. The maximum Gasteiger partial charge on any atom is 0.264 e. The first-order valence-corrected chi connectivity index (χ1v) is 4.55. The monoisotopic (exact) mass is 216 g/mol. The van der Waals surface area contributed by atoms with Crippen LogP contribution in [0.4, 0.5) is 0 Å². The van der Waals surface area contributed by atoms with Gasteiger partial charge in [-0.1, -0.05) is 23.8 Å². The predicted molar refractivity (Wildman–Crippen MR) is 50.9 cm³/mol. The van der Waals surface area contributed by atoms with Crippen molar-refractivity contribution in [3.63, 3.8) is 0 Å². The lowest BCUT2D eigenvalue weighted by atomic mass is 10.1. The van der Waals surface area contributed by atoms with E-state index in [0.717, 1.165) is 0 Å². The molecule has 0 spiro atoms. The summed E-state index contributed by atoms with van der Waals surface area (Å²) in [6.45, 7) is 0. The first-order chi connectivity index (χ1) is 6.10. The highest BCUT2D eigenvalue weighted by Crippen LogP contribution is 2.38. The molecule has 6 heteroatoms. The summed E-state index contributed by atoms with van der Waals surface area (Å²) in [5, 5.41) is 20.7. The Morgan fingerprint density at radius 3 is 2.92 bits per heavy atom. The predicted octanol–water partition coefficient (Wildman–Crippen LogP) is 1.91. The Bertz CT molecular complexity index is 323. The average Bonchev–Trinajstić information content (AvgIpc) is 2.04. The van der Waals surface area contributed by atoms with Crippen LogP contribution in [-0.2, 0) is 0 Å². The van der Waals surface area contributed by atoms with Gasteiger partial charge in [0.05, 0.1) is 0 Å². The van der Waals surface area contributed by atoms with E-state index in [9.17, 15) is 10.1 Å². The second kappa shape index (κ2) is 3.81. The number of thioether (sulfide) groups is 1. The minimum Gasteiger partial charge on any atom is -0.264 e. The van der Waals surface area contributed by atoms with Crippen LogP contribution in [0.5, 0.6) is 0 Å². The number of alkyl halides is 1. The van der Waals surface area contributed by atoms with E-state index >= 15 is 0 Å². The van der Waals surface area contributed by atoms with E-state index < -0.39 is 15.2 Å². The summed E-state index contributed by atoms with van der Waals surface area (Å²) in [5.74, 6) is 0. The number of rotatable bonds is 2. The molecular weight excluding hydrogens is 212 g/mol. The van der Waals surface area contributed by atoms with Gasteiger partial charge in [0.25, 0.3) is 6.04 Å². The van der Waals surface area contributed by atoms with Crippen LogP contribution in [0, 0.1) is 20.8 Å². The highest BCUT2D eigenvalue weighted by atomic mass is 35.5. The Morgan fingerprint density at radius 2 is 2.38 bits per heavy atom. The summed E-state index contributed by atoms with van der Waals surface area (Å²) >= 11 is 6.58. The van der Waals surface area contributed by atoms with Crippen LogP contribution in [0.15, 0.2) is 24.3 Å². The second-order valence-corrected chi connectivity index (χ2v) is 4.28. The van der Waals surface area contributed by atoms with Crippen LogP contribution in [0.3, 0.4) is 0 Å². The summed E-state index contributed by atoms with van der Waals surface area (Å²) in [7, 11) is 0. The number of nitriles is 1. The van der Waals surface area contributed by atoms with Gasteiger partial charge in [-0.2, -0.15) is 5.26 Å². The number of hydrogen-bond donors (Lipinski definition) is 0. The third-order valence-corrected chi connectivity index (χ3v) is 2.92. The van der Waals surface area contributed by atoms with Gasteiger partial charge in [-0.05, 0) is 23.9 Å². The van der Waals surface area contributed by atoms with Gasteiger partial charge in [-0.25, -0.2) is 0 Å². The molecule has 0 aromatic carbocycles. The Morgan fingerprint density at radius 1 is 1.69 bits per heavy atom. The van der Waals surface area contributed by atoms with Gasteiger partial charge in [0.1, 0.15) is 5.40 Å². The molecule has 2 unspecified atom stereocenters. The minimum absolute atomic E-state index is 0.503. The van der Waals surface area contributed by atoms with Gasteiger partial charge in [0.2, 0.25) is 0 Å². The number of nitro groups is 1. The van der Waals surface area contributed by atoms with E-state index in [1.54, 1.807) is 17.6 Å². The molecule has 0 heterocycles. The van der Waals surface area contributed by atoms with Crippen LogP contribution in [-0.4, -0.2) is 15.2 Å². The number of thiocyanates is 1. The molecule has 2 atom stereocenters. The van der Waals surface area contributed by atoms with E-state index in [2.05, 4.69) is 0 Å². The first-order valence-electron chi connectivity index (χ1n) is 3.35. The van der Waals surface area contributed by atoms with Gasteiger partial charge in [-0.3, -0.25) is 10.1 Å². The molecule has 1 rings (SSSR count). The Kier molecular flexibility index (Phi) is 2.96. The fraction of sp³-hybridized carbons (Fsp3) is 0.286.